The van der Waals surface area contributed by atoms with E-state index in [1.54, 1.807) is 26.8 Å². The normalized spacial score (nSPS) is 23.3. The molecule has 10 heteroatoms. The van der Waals surface area contributed by atoms with Crippen molar-refractivity contribution in [1.29, 1.82) is 0 Å². The van der Waals surface area contributed by atoms with Gasteiger partial charge in [-0.05, 0) is 44.5 Å². The van der Waals surface area contributed by atoms with Crippen LogP contribution in [-0.2, 0) is 14.3 Å². The number of benzene rings is 2. The number of fused-ring (bicyclic) bond motifs is 1. The number of anilines is 1. The molecule has 2 heterocycles. The monoisotopic (exact) mass is 511 g/mol. The maximum atomic E-state index is 12.6. The minimum Gasteiger partial charge on any atom is -0.505 e. The van der Waals surface area contributed by atoms with Crippen LogP contribution in [0.3, 0.4) is 0 Å². The number of carbonyl (C=O) groups excluding carboxylic acids is 1. The molecular weight excluding hydrogens is 482 g/mol. The molecule has 0 aliphatic carbocycles. The van der Waals surface area contributed by atoms with Crippen LogP contribution >= 0.6 is 0 Å². The van der Waals surface area contributed by atoms with E-state index >= 15 is 0 Å². The Morgan fingerprint density at radius 2 is 1.81 bits per heavy atom. The molecule has 1 aliphatic rings. The Balaban J connectivity index is 1.59. The highest BCUT2D eigenvalue weighted by atomic mass is 16.7. The molecule has 37 heavy (non-hydrogen) atoms. The van der Waals surface area contributed by atoms with Crippen molar-refractivity contribution in [3.63, 3.8) is 0 Å². The van der Waals surface area contributed by atoms with Crippen molar-refractivity contribution in [1.82, 2.24) is 0 Å². The van der Waals surface area contributed by atoms with Crippen LogP contribution in [0.15, 0.2) is 57.8 Å². The van der Waals surface area contributed by atoms with Crippen molar-refractivity contribution in [2.45, 2.75) is 51.0 Å². The third-order valence-corrected chi connectivity index (χ3v) is 6.26. The van der Waals surface area contributed by atoms with Gasteiger partial charge >= 0.3 is 5.63 Å². The molecule has 3 aromatic rings. The Bertz CT molecular complexity index is 1380. The topological polar surface area (TPSA) is 148 Å². The van der Waals surface area contributed by atoms with Crippen LogP contribution in [0.25, 0.3) is 17.0 Å². The van der Waals surface area contributed by atoms with Gasteiger partial charge in [0.1, 0.15) is 29.6 Å². The Morgan fingerprint density at radius 1 is 1.11 bits per heavy atom. The first-order valence-electron chi connectivity index (χ1n) is 11.6. The van der Waals surface area contributed by atoms with Crippen LogP contribution in [-0.4, -0.2) is 58.5 Å². The van der Waals surface area contributed by atoms with Crippen molar-refractivity contribution >= 4 is 28.6 Å². The van der Waals surface area contributed by atoms with Crippen molar-refractivity contribution < 1.29 is 38.7 Å². The fraction of sp³-hybridized carbons (Fsp3) is 0.333. The maximum Gasteiger partial charge on any atom is 0.364 e. The van der Waals surface area contributed by atoms with Gasteiger partial charge in [-0.3, -0.25) is 4.79 Å². The van der Waals surface area contributed by atoms with Gasteiger partial charge in [0.2, 0.25) is 12.2 Å². The Labute approximate surface area is 212 Å². The number of nitrogens with one attached hydrogen (secondary N) is 1. The summed E-state index contributed by atoms with van der Waals surface area (Å²) in [5.41, 5.74) is -1.18. The molecule has 0 bridgehead atoms. The summed E-state index contributed by atoms with van der Waals surface area (Å²) in [6, 6.07) is 12.0. The smallest absolute Gasteiger partial charge is 0.364 e. The highest BCUT2D eigenvalue weighted by Crippen LogP contribution is 2.37. The molecule has 1 aromatic heterocycles. The van der Waals surface area contributed by atoms with Crippen LogP contribution in [0, 0.1) is 6.92 Å². The second kappa shape index (κ2) is 10.3. The molecule has 1 aliphatic heterocycles. The third-order valence-electron chi connectivity index (χ3n) is 6.26. The van der Waals surface area contributed by atoms with E-state index in [9.17, 15) is 24.9 Å². The minimum atomic E-state index is -1.42. The first-order chi connectivity index (χ1) is 17.5. The summed E-state index contributed by atoms with van der Waals surface area (Å²) in [6.07, 6.45) is -1.93. The predicted molar refractivity (Wildman–Crippen MR) is 135 cm³/mol. The Hall–Kier alpha value is -3.70. The highest BCUT2D eigenvalue weighted by Gasteiger charge is 2.50. The Morgan fingerprint density at radius 3 is 2.49 bits per heavy atom. The zero-order valence-corrected chi connectivity index (χ0v) is 20.8. The van der Waals surface area contributed by atoms with E-state index in [0.29, 0.717) is 5.56 Å². The molecule has 0 saturated carbocycles. The molecule has 1 fully saturated rings. The molecule has 10 nitrogen and oxygen atoms in total. The van der Waals surface area contributed by atoms with Gasteiger partial charge in [-0.15, -0.1) is 0 Å². The molecule has 4 rings (SSSR count). The largest absolute Gasteiger partial charge is 0.505 e. The summed E-state index contributed by atoms with van der Waals surface area (Å²) >= 11 is 0. The fourth-order valence-corrected chi connectivity index (χ4v) is 4.34. The standard InChI is InChI=1S/C27H29NO9/c1-14-17(35-26-22(32)21(31)24(34-4)27(2,3)37-26)12-11-16-20(30)19(25(33)36-23(14)16)28-18(29)13-10-15-8-6-5-7-9-15/h5-13,21-22,24,26,30-32H,1-4H3,(H,28,29)/b13-10+/t21-,22+,24+,26+/m0/s1. The number of aliphatic hydroxyl groups is 2. The molecular formula is C27H29NO9. The summed E-state index contributed by atoms with van der Waals surface area (Å²) in [4.78, 5) is 25.0. The Kier molecular flexibility index (Phi) is 7.37. The van der Waals surface area contributed by atoms with Gasteiger partial charge in [-0.1, -0.05) is 30.3 Å². The lowest BCUT2D eigenvalue weighted by molar-refractivity contribution is -0.306. The molecule has 4 N–H and O–H groups in total. The van der Waals surface area contributed by atoms with Crippen LogP contribution in [0.2, 0.25) is 0 Å². The maximum absolute atomic E-state index is 12.6. The minimum absolute atomic E-state index is 0.0257. The molecule has 196 valence electrons. The van der Waals surface area contributed by atoms with Gasteiger partial charge in [0.15, 0.2) is 11.4 Å². The van der Waals surface area contributed by atoms with Crippen LogP contribution in [0.4, 0.5) is 5.69 Å². The van der Waals surface area contributed by atoms with Crippen molar-refractivity contribution in [2.24, 2.45) is 0 Å². The molecule has 0 unspecified atom stereocenters. The number of carbonyl (C=O) groups is 1. The van der Waals surface area contributed by atoms with Gasteiger partial charge in [0, 0.05) is 18.7 Å². The quantitative estimate of drug-likeness (QED) is 0.290. The molecule has 4 atom stereocenters. The van der Waals surface area contributed by atoms with E-state index in [0.717, 1.165) is 5.56 Å². The third kappa shape index (κ3) is 5.23. The number of amides is 1. The van der Waals surface area contributed by atoms with Crippen molar-refractivity contribution in [2.75, 3.05) is 12.4 Å². The fourth-order valence-electron chi connectivity index (χ4n) is 4.34. The van der Waals surface area contributed by atoms with E-state index in [-0.39, 0.29) is 16.7 Å². The SMILES string of the molecule is CO[C@@H]1[C@@H](O)[C@@H](O)[C@H](Oc2ccc3c(O)c(NC(=O)/C=C/c4ccccc4)c(=O)oc3c2C)OC1(C)C. The summed E-state index contributed by atoms with van der Waals surface area (Å²) in [5, 5.41) is 34.3. The number of hydrogen-bond donors (Lipinski definition) is 4. The van der Waals surface area contributed by atoms with Crippen molar-refractivity contribution in [3.8, 4) is 11.5 Å². The second-order valence-corrected chi connectivity index (χ2v) is 9.26. The zero-order valence-electron chi connectivity index (χ0n) is 20.8. The van der Waals surface area contributed by atoms with E-state index in [1.165, 1.54) is 25.3 Å². The lowest BCUT2D eigenvalue weighted by Crippen LogP contribution is -2.63. The van der Waals surface area contributed by atoms with Gasteiger partial charge in [0.25, 0.3) is 0 Å². The number of aliphatic hydroxyl groups excluding tert-OH is 2. The number of hydrogen-bond acceptors (Lipinski definition) is 9. The first kappa shape index (κ1) is 26.4. The van der Waals surface area contributed by atoms with Gasteiger partial charge in [0.05, 0.1) is 11.0 Å². The molecule has 2 aromatic carbocycles. The number of methoxy groups -OCH3 is 1. The van der Waals surface area contributed by atoms with E-state index in [1.807, 2.05) is 30.3 Å². The predicted octanol–water partition coefficient (Wildman–Crippen LogP) is 2.71. The van der Waals surface area contributed by atoms with Crippen LogP contribution in [0.5, 0.6) is 11.5 Å². The molecule has 1 amide bonds. The molecule has 1 saturated heterocycles. The number of rotatable bonds is 6. The van der Waals surface area contributed by atoms with E-state index in [4.69, 9.17) is 18.6 Å². The summed E-state index contributed by atoms with van der Waals surface area (Å²) in [5.74, 6) is -0.891. The van der Waals surface area contributed by atoms with Gasteiger partial charge in [-0.2, -0.15) is 0 Å². The van der Waals surface area contributed by atoms with E-state index in [2.05, 4.69) is 5.32 Å². The number of aromatic hydroxyl groups is 1. The van der Waals surface area contributed by atoms with Crippen molar-refractivity contribution in [3.05, 3.63) is 70.1 Å². The highest BCUT2D eigenvalue weighted by molar-refractivity contribution is 6.04. The molecule has 0 radical (unpaired) electrons. The first-order valence-corrected chi connectivity index (χ1v) is 11.6. The average Bonchev–Trinajstić information content (AvgIpc) is 2.86. The summed E-state index contributed by atoms with van der Waals surface area (Å²) in [7, 11) is 1.41. The lowest BCUT2D eigenvalue weighted by Gasteiger charge is -2.46. The summed E-state index contributed by atoms with van der Waals surface area (Å²) in [6.45, 7) is 4.99. The van der Waals surface area contributed by atoms with Crippen LogP contribution < -0.4 is 15.7 Å². The molecule has 0 spiro atoms. The van der Waals surface area contributed by atoms with Gasteiger partial charge < -0.3 is 39.3 Å². The average molecular weight is 512 g/mol. The number of aryl methyl sites for hydroxylation is 1. The van der Waals surface area contributed by atoms with E-state index < -0.39 is 53.2 Å². The van der Waals surface area contributed by atoms with Crippen LogP contribution in [0.1, 0.15) is 25.0 Å². The lowest BCUT2D eigenvalue weighted by atomic mass is 9.89. The zero-order chi connectivity index (χ0) is 26.9. The number of ether oxygens (including phenoxy) is 3. The van der Waals surface area contributed by atoms with Gasteiger partial charge in [-0.25, -0.2) is 4.79 Å². The summed E-state index contributed by atoms with van der Waals surface area (Å²) < 4.78 is 22.4. The second-order valence-electron chi connectivity index (χ2n) is 9.26.